The van der Waals surface area contributed by atoms with Gasteiger partial charge in [0.1, 0.15) is 6.04 Å². The Hall–Kier alpha value is -1.30. The summed E-state index contributed by atoms with van der Waals surface area (Å²) >= 11 is 0. The number of carboxylic acid groups (broad SMARTS) is 1. The maximum absolute atomic E-state index is 11.2. The zero-order valence-corrected chi connectivity index (χ0v) is 8.82. The van der Waals surface area contributed by atoms with E-state index in [1.165, 1.54) is 6.92 Å². The third kappa shape index (κ3) is 3.39. The number of rotatable bonds is 4. The molecule has 3 N–H and O–H groups in total. The zero-order chi connectivity index (χ0) is 11.4. The van der Waals surface area contributed by atoms with Crippen molar-refractivity contribution in [1.82, 2.24) is 10.6 Å². The summed E-state index contributed by atoms with van der Waals surface area (Å²) in [6, 6.07) is -1.22. The van der Waals surface area contributed by atoms with Gasteiger partial charge in [0.15, 0.2) is 0 Å². The van der Waals surface area contributed by atoms with Gasteiger partial charge in [0.2, 0.25) is 0 Å². The van der Waals surface area contributed by atoms with E-state index in [1.807, 2.05) is 0 Å². The number of aliphatic carboxylic acids is 1. The first-order valence-corrected chi connectivity index (χ1v) is 4.85. The molecule has 1 saturated carbocycles. The Kier molecular flexibility index (Phi) is 3.90. The number of urea groups is 1. The van der Waals surface area contributed by atoms with Crippen LogP contribution in [0.25, 0.3) is 0 Å². The maximum Gasteiger partial charge on any atom is 0.325 e. The molecule has 1 rings (SSSR count). The van der Waals surface area contributed by atoms with Crippen LogP contribution >= 0.6 is 0 Å². The van der Waals surface area contributed by atoms with Crippen LogP contribution in [-0.4, -0.2) is 42.4 Å². The molecule has 0 spiro atoms. The largest absolute Gasteiger partial charge is 0.480 e. The highest BCUT2D eigenvalue weighted by Crippen LogP contribution is 2.22. The summed E-state index contributed by atoms with van der Waals surface area (Å²) < 4.78 is 5.05. The van der Waals surface area contributed by atoms with E-state index in [0.717, 1.165) is 12.8 Å². The van der Waals surface area contributed by atoms with Crippen LogP contribution in [0, 0.1) is 0 Å². The van der Waals surface area contributed by atoms with Crippen LogP contribution in [0.1, 0.15) is 19.8 Å². The highest BCUT2D eigenvalue weighted by molar-refractivity contribution is 5.82. The molecule has 0 radical (unpaired) electrons. The maximum atomic E-state index is 11.2. The lowest BCUT2D eigenvalue weighted by Crippen LogP contribution is -2.53. The molecule has 86 valence electrons. The van der Waals surface area contributed by atoms with E-state index in [4.69, 9.17) is 9.84 Å². The molecule has 6 nitrogen and oxygen atoms in total. The van der Waals surface area contributed by atoms with Gasteiger partial charge >= 0.3 is 12.0 Å². The first kappa shape index (κ1) is 11.8. The minimum Gasteiger partial charge on any atom is -0.480 e. The monoisotopic (exact) mass is 216 g/mol. The van der Waals surface area contributed by atoms with E-state index < -0.39 is 18.0 Å². The number of nitrogens with one attached hydrogen (secondary N) is 2. The molecule has 1 fully saturated rings. The zero-order valence-electron chi connectivity index (χ0n) is 8.82. The van der Waals surface area contributed by atoms with Crippen molar-refractivity contribution in [3.63, 3.8) is 0 Å². The Morgan fingerprint density at radius 3 is 2.53 bits per heavy atom. The highest BCUT2D eigenvalue weighted by atomic mass is 16.5. The smallest absolute Gasteiger partial charge is 0.325 e. The number of hydrogen-bond acceptors (Lipinski definition) is 3. The van der Waals surface area contributed by atoms with Crippen molar-refractivity contribution in [2.45, 2.75) is 38.0 Å². The molecule has 6 heteroatoms. The van der Waals surface area contributed by atoms with Crippen LogP contribution in [0.15, 0.2) is 0 Å². The molecule has 0 heterocycles. The third-order valence-corrected chi connectivity index (χ3v) is 2.48. The van der Waals surface area contributed by atoms with Crippen molar-refractivity contribution >= 4 is 12.0 Å². The Labute approximate surface area is 88.0 Å². The molecule has 0 aromatic carbocycles. The molecule has 0 unspecified atom stereocenters. The van der Waals surface area contributed by atoms with Gasteiger partial charge in [-0.25, -0.2) is 4.79 Å². The third-order valence-electron chi connectivity index (χ3n) is 2.48. The lowest BCUT2D eigenvalue weighted by molar-refractivity contribution is -0.138. The van der Waals surface area contributed by atoms with Gasteiger partial charge in [-0.05, 0) is 19.8 Å². The van der Waals surface area contributed by atoms with E-state index in [9.17, 15) is 9.59 Å². The fraction of sp³-hybridized carbons (Fsp3) is 0.778. The Balaban J connectivity index is 2.17. The normalized spacial score (nSPS) is 26.3. The molecule has 0 aromatic heterocycles. The van der Waals surface area contributed by atoms with Gasteiger partial charge in [-0.15, -0.1) is 0 Å². The Morgan fingerprint density at radius 1 is 1.47 bits per heavy atom. The van der Waals surface area contributed by atoms with Crippen molar-refractivity contribution in [2.75, 3.05) is 7.11 Å². The average molecular weight is 216 g/mol. The summed E-state index contributed by atoms with van der Waals surface area (Å²) in [5.41, 5.74) is 0. The molecule has 1 aliphatic rings. The second-order valence-corrected chi connectivity index (χ2v) is 3.70. The lowest BCUT2D eigenvalue weighted by atomic mass is 9.89. The number of hydrogen-bond donors (Lipinski definition) is 3. The predicted octanol–water partition coefficient (Wildman–Crippen LogP) is -0.0639. The minimum atomic E-state index is -1.05. The molecule has 2 amide bonds. The van der Waals surface area contributed by atoms with Gasteiger partial charge in [-0.2, -0.15) is 0 Å². The number of carboxylic acids is 1. The number of carbonyl (C=O) groups excluding carboxylic acids is 1. The highest BCUT2D eigenvalue weighted by Gasteiger charge is 2.30. The van der Waals surface area contributed by atoms with Crippen molar-refractivity contribution in [3.8, 4) is 0 Å². The summed E-state index contributed by atoms with van der Waals surface area (Å²) in [5, 5.41) is 13.5. The predicted molar refractivity (Wildman–Crippen MR) is 52.6 cm³/mol. The van der Waals surface area contributed by atoms with Gasteiger partial charge in [0, 0.05) is 13.2 Å². The molecule has 0 aliphatic heterocycles. The summed E-state index contributed by atoms with van der Waals surface area (Å²) in [7, 11) is 1.63. The van der Waals surface area contributed by atoms with Crippen LogP contribution in [0.2, 0.25) is 0 Å². The lowest BCUT2D eigenvalue weighted by Gasteiger charge is -2.34. The Bertz CT molecular complexity index is 250. The van der Waals surface area contributed by atoms with Crippen LogP contribution in [0.4, 0.5) is 4.79 Å². The van der Waals surface area contributed by atoms with Crippen LogP contribution in [0.5, 0.6) is 0 Å². The van der Waals surface area contributed by atoms with Gasteiger partial charge in [-0.1, -0.05) is 0 Å². The standard InChI is InChI=1S/C9H16N2O4/c1-5(8(12)13)10-9(14)11-6-3-7(4-6)15-2/h5-7H,3-4H2,1-2H3,(H,12,13)(H2,10,11,14)/t5-,6?,7?/m0/s1. The number of amides is 2. The van der Waals surface area contributed by atoms with Crippen molar-refractivity contribution in [3.05, 3.63) is 0 Å². The molecule has 1 aliphatic carbocycles. The minimum absolute atomic E-state index is 0.0935. The number of carbonyl (C=O) groups is 2. The first-order chi connectivity index (χ1) is 7.02. The SMILES string of the molecule is COC1CC(NC(=O)N[C@@H](C)C(=O)O)C1. The van der Waals surface area contributed by atoms with E-state index in [2.05, 4.69) is 10.6 Å². The van der Waals surface area contributed by atoms with Gasteiger partial charge in [0.05, 0.1) is 6.10 Å². The fourth-order valence-electron chi connectivity index (χ4n) is 1.36. The van der Waals surface area contributed by atoms with E-state index in [-0.39, 0.29) is 12.1 Å². The summed E-state index contributed by atoms with van der Waals surface area (Å²) in [5.74, 6) is -1.05. The summed E-state index contributed by atoms with van der Waals surface area (Å²) in [6.07, 6.45) is 1.78. The van der Waals surface area contributed by atoms with E-state index in [1.54, 1.807) is 7.11 Å². The molecule has 1 atom stereocenters. The quantitative estimate of drug-likeness (QED) is 0.614. The molecule has 15 heavy (non-hydrogen) atoms. The van der Waals surface area contributed by atoms with Crippen molar-refractivity contribution in [1.29, 1.82) is 0 Å². The van der Waals surface area contributed by atoms with Crippen LogP contribution in [0.3, 0.4) is 0 Å². The van der Waals surface area contributed by atoms with E-state index >= 15 is 0 Å². The van der Waals surface area contributed by atoms with Crippen LogP contribution < -0.4 is 10.6 Å². The fourth-order valence-corrected chi connectivity index (χ4v) is 1.36. The molecule has 0 bridgehead atoms. The van der Waals surface area contributed by atoms with Crippen molar-refractivity contribution in [2.24, 2.45) is 0 Å². The molecular formula is C9H16N2O4. The second-order valence-electron chi connectivity index (χ2n) is 3.70. The average Bonchev–Trinajstić information content (AvgIpc) is 2.10. The van der Waals surface area contributed by atoms with Gasteiger partial charge in [-0.3, -0.25) is 4.79 Å². The molecule has 0 saturated heterocycles. The summed E-state index contributed by atoms with van der Waals surface area (Å²) in [6.45, 7) is 1.42. The number of methoxy groups -OCH3 is 1. The molecular weight excluding hydrogens is 200 g/mol. The molecule has 0 aromatic rings. The van der Waals surface area contributed by atoms with Gasteiger partial charge in [0.25, 0.3) is 0 Å². The Morgan fingerprint density at radius 2 is 2.07 bits per heavy atom. The number of ether oxygens (including phenoxy) is 1. The van der Waals surface area contributed by atoms with Gasteiger partial charge < -0.3 is 20.5 Å². The van der Waals surface area contributed by atoms with Crippen LogP contribution in [-0.2, 0) is 9.53 Å². The summed E-state index contributed by atoms with van der Waals surface area (Å²) in [4.78, 5) is 21.7. The topological polar surface area (TPSA) is 87.7 Å². The second kappa shape index (κ2) is 4.97. The first-order valence-electron chi connectivity index (χ1n) is 4.85. The van der Waals surface area contributed by atoms with E-state index in [0.29, 0.717) is 0 Å². The van der Waals surface area contributed by atoms with Crippen molar-refractivity contribution < 1.29 is 19.4 Å².